The molecule has 0 unspecified atom stereocenters. The summed E-state index contributed by atoms with van der Waals surface area (Å²) in [5.74, 6) is 0.328. The van der Waals surface area contributed by atoms with Crippen LogP contribution in [0.1, 0.15) is 50.7 Å². The lowest BCUT2D eigenvalue weighted by molar-refractivity contribution is -0.139. The van der Waals surface area contributed by atoms with Crippen LogP contribution in [-0.4, -0.2) is 30.9 Å². The molecule has 36 heavy (non-hydrogen) atoms. The van der Waals surface area contributed by atoms with E-state index in [1.807, 2.05) is 12.1 Å². The Morgan fingerprint density at radius 3 is 2.03 bits per heavy atom. The van der Waals surface area contributed by atoms with Gasteiger partial charge in [-0.15, -0.1) is 0 Å². The number of carbonyl (C=O) groups excluding carboxylic acids is 1. The molecule has 0 atom stereocenters. The van der Waals surface area contributed by atoms with Crippen molar-refractivity contribution in [1.82, 2.24) is 0 Å². The van der Waals surface area contributed by atoms with E-state index < -0.39 is 5.97 Å². The molecule has 0 aliphatic carbocycles. The van der Waals surface area contributed by atoms with Crippen molar-refractivity contribution in [2.24, 2.45) is 0 Å². The monoisotopic (exact) mass is 486 g/mol. The largest absolute Gasteiger partial charge is 0.490 e. The van der Waals surface area contributed by atoms with Crippen LogP contribution in [0.4, 0.5) is 0 Å². The highest BCUT2D eigenvalue weighted by molar-refractivity contribution is 5.86. The summed E-state index contributed by atoms with van der Waals surface area (Å²) in [6.45, 7) is 7.97. The van der Waals surface area contributed by atoms with E-state index in [1.165, 1.54) is 36.0 Å². The molecule has 3 aromatic carbocycles. The fourth-order valence-corrected chi connectivity index (χ4v) is 4.05. The quantitative estimate of drug-likeness (QED) is 0.149. The normalized spacial score (nSPS) is 10.8. The number of aliphatic hydroxyl groups is 1. The molecule has 190 valence electrons. The van der Waals surface area contributed by atoms with E-state index in [0.29, 0.717) is 18.4 Å². The summed E-state index contributed by atoms with van der Waals surface area (Å²) in [5.41, 5.74) is 7.34. The Bertz CT molecular complexity index is 1110. The number of benzene rings is 3. The van der Waals surface area contributed by atoms with Gasteiger partial charge >= 0.3 is 5.97 Å². The van der Waals surface area contributed by atoms with Crippen molar-refractivity contribution >= 4 is 5.97 Å². The number of carbonyl (C=O) groups is 1. The third kappa shape index (κ3) is 8.10. The minimum absolute atomic E-state index is 0.124. The number of hydrogen-bond donors (Lipinski definition) is 1. The standard InChI is InChI=1S/C32H38O4/c1-4-5-6-8-25-10-12-26(13-11-25)27-14-16-28(17-15-27)30-19-18-29(9-7-20-33)31(23-30)35-21-22-36-32(34)24(2)3/h10-19,23,33H,2,4-9,20-22H2,1,3H3. The number of ether oxygens (including phenoxy) is 2. The zero-order valence-corrected chi connectivity index (χ0v) is 21.6. The van der Waals surface area contributed by atoms with Gasteiger partial charge in [-0.2, -0.15) is 0 Å². The van der Waals surface area contributed by atoms with Crippen molar-refractivity contribution in [1.29, 1.82) is 0 Å². The Kier molecular flexibility index (Phi) is 10.8. The first-order chi connectivity index (χ1) is 17.5. The summed E-state index contributed by atoms with van der Waals surface area (Å²) in [6, 6.07) is 23.6. The number of hydrogen-bond acceptors (Lipinski definition) is 4. The van der Waals surface area contributed by atoms with Gasteiger partial charge in [0.15, 0.2) is 0 Å². The summed E-state index contributed by atoms with van der Waals surface area (Å²) in [4.78, 5) is 11.6. The minimum atomic E-state index is -0.418. The molecule has 1 N–H and O–H groups in total. The molecule has 0 amide bonds. The van der Waals surface area contributed by atoms with Gasteiger partial charge in [0, 0.05) is 12.2 Å². The lowest BCUT2D eigenvalue weighted by Crippen LogP contribution is -2.13. The van der Waals surface area contributed by atoms with Crippen molar-refractivity contribution < 1.29 is 19.4 Å². The fourth-order valence-electron chi connectivity index (χ4n) is 4.05. The smallest absolute Gasteiger partial charge is 0.333 e. The fraction of sp³-hybridized carbons (Fsp3) is 0.344. The molecular formula is C32H38O4. The van der Waals surface area contributed by atoms with Crippen LogP contribution in [0.5, 0.6) is 5.75 Å². The van der Waals surface area contributed by atoms with E-state index in [1.54, 1.807) is 6.92 Å². The number of aliphatic hydroxyl groups excluding tert-OH is 1. The topological polar surface area (TPSA) is 55.8 Å². The molecule has 0 fully saturated rings. The lowest BCUT2D eigenvalue weighted by atomic mass is 9.97. The van der Waals surface area contributed by atoms with Gasteiger partial charge in [-0.1, -0.05) is 87.0 Å². The Balaban J connectivity index is 1.70. The van der Waals surface area contributed by atoms with Gasteiger partial charge in [0.25, 0.3) is 0 Å². The summed E-state index contributed by atoms with van der Waals surface area (Å²) < 4.78 is 11.1. The Morgan fingerprint density at radius 1 is 0.806 bits per heavy atom. The van der Waals surface area contributed by atoms with Crippen molar-refractivity contribution in [2.75, 3.05) is 19.8 Å². The van der Waals surface area contributed by atoms with Crippen molar-refractivity contribution in [3.05, 3.63) is 90.0 Å². The van der Waals surface area contributed by atoms with Crippen LogP contribution in [0.15, 0.2) is 78.9 Å². The van der Waals surface area contributed by atoms with Gasteiger partial charge in [0.05, 0.1) is 0 Å². The average molecular weight is 487 g/mol. The van der Waals surface area contributed by atoms with Gasteiger partial charge in [-0.05, 0) is 72.1 Å². The maximum absolute atomic E-state index is 11.6. The third-order valence-corrected chi connectivity index (χ3v) is 6.17. The SMILES string of the molecule is C=C(C)C(=O)OCCOc1cc(-c2ccc(-c3ccc(CCCCC)cc3)cc2)ccc1CCCO. The van der Waals surface area contributed by atoms with Crippen LogP contribution in [-0.2, 0) is 22.4 Å². The van der Waals surface area contributed by atoms with E-state index in [2.05, 4.69) is 68.1 Å². The Labute approximate surface area is 215 Å². The molecular weight excluding hydrogens is 448 g/mol. The molecule has 0 aliphatic rings. The average Bonchev–Trinajstić information content (AvgIpc) is 2.90. The first-order valence-electron chi connectivity index (χ1n) is 12.9. The van der Waals surface area contributed by atoms with Crippen molar-refractivity contribution in [3.8, 4) is 28.0 Å². The predicted octanol–water partition coefficient (Wildman–Crippen LogP) is 7.18. The highest BCUT2D eigenvalue weighted by Crippen LogP contribution is 2.30. The van der Waals surface area contributed by atoms with Crippen LogP contribution in [0.25, 0.3) is 22.3 Å². The number of unbranched alkanes of at least 4 members (excludes halogenated alkanes) is 2. The first kappa shape index (κ1) is 27.2. The van der Waals surface area contributed by atoms with Gasteiger partial charge in [-0.25, -0.2) is 4.79 Å². The van der Waals surface area contributed by atoms with Crippen molar-refractivity contribution in [2.45, 2.75) is 52.4 Å². The Hall–Kier alpha value is -3.37. The van der Waals surface area contributed by atoms with Gasteiger partial charge < -0.3 is 14.6 Å². The second-order valence-electron chi connectivity index (χ2n) is 9.15. The molecule has 3 aromatic rings. The Morgan fingerprint density at radius 2 is 1.42 bits per heavy atom. The van der Waals surface area contributed by atoms with E-state index in [0.717, 1.165) is 28.9 Å². The van der Waals surface area contributed by atoms with E-state index in [4.69, 9.17) is 9.47 Å². The lowest BCUT2D eigenvalue weighted by Gasteiger charge is -2.14. The number of rotatable bonds is 14. The second-order valence-corrected chi connectivity index (χ2v) is 9.15. The van der Waals surface area contributed by atoms with E-state index in [-0.39, 0.29) is 19.8 Å². The molecule has 3 rings (SSSR count). The summed E-state index contributed by atoms with van der Waals surface area (Å²) in [6.07, 6.45) is 6.28. The summed E-state index contributed by atoms with van der Waals surface area (Å²) in [7, 11) is 0. The maximum Gasteiger partial charge on any atom is 0.333 e. The molecule has 0 radical (unpaired) electrons. The predicted molar refractivity (Wildman–Crippen MR) is 147 cm³/mol. The highest BCUT2D eigenvalue weighted by atomic mass is 16.6. The summed E-state index contributed by atoms with van der Waals surface area (Å²) >= 11 is 0. The van der Waals surface area contributed by atoms with E-state index >= 15 is 0 Å². The minimum Gasteiger partial charge on any atom is -0.490 e. The van der Waals surface area contributed by atoms with Crippen LogP contribution >= 0.6 is 0 Å². The zero-order chi connectivity index (χ0) is 25.8. The molecule has 0 heterocycles. The number of esters is 1. The number of aryl methyl sites for hydroxylation is 2. The molecule has 0 saturated heterocycles. The molecule has 0 aromatic heterocycles. The van der Waals surface area contributed by atoms with Crippen LogP contribution in [0.3, 0.4) is 0 Å². The zero-order valence-electron chi connectivity index (χ0n) is 21.6. The van der Waals surface area contributed by atoms with E-state index in [9.17, 15) is 9.90 Å². The molecule has 4 heteroatoms. The molecule has 0 saturated carbocycles. The van der Waals surface area contributed by atoms with Crippen LogP contribution < -0.4 is 4.74 Å². The van der Waals surface area contributed by atoms with Gasteiger partial charge in [-0.3, -0.25) is 0 Å². The van der Waals surface area contributed by atoms with Crippen LogP contribution in [0.2, 0.25) is 0 Å². The van der Waals surface area contributed by atoms with Crippen LogP contribution in [0, 0.1) is 0 Å². The summed E-state index contributed by atoms with van der Waals surface area (Å²) in [5, 5.41) is 9.26. The van der Waals surface area contributed by atoms with Crippen molar-refractivity contribution in [3.63, 3.8) is 0 Å². The highest BCUT2D eigenvalue weighted by Gasteiger charge is 2.09. The molecule has 0 spiro atoms. The third-order valence-electron chi connectivity index (χ3n) is 6.17. The molecule has 0 bridgehead atoms. The molecule has 0 aliphatic heterocycles. The molecule has 4 nitrogen and oxygen atoms in total. The second kappa shape index (κ2) is 14.3. The van der Waals surface area contributed by atoms with Gasteiger partial charge in [0.2, 0.25) is 0 Å². The van der Waals surface area contributed by atoms with Gasteiger partial charge in [0.1, 0.15) is 19.0 Å². The first-order valence-corrected chi connectivity index (χ1v) is 12.9. The maximum atomic E-state index is 11.6.